The van der Waals surface area contributed by atoms with Crippen molar-refractivity contribution >= 4 is 0 Å². The van der Waals surface area contributed by atoms with Crippen LogP contribution in [0.4, 0.5) is 0 Å². The Hall–Kier alpha value is -1.68. The Labute approximate surface area is 149 Å². The molecule has 4 heterocycles. The first-order valence-electron chi connectivity index (χ1n) is 9.29. The van der Waals surface area contributed by atoms with Gasteiger partial charge in [0.25, 0.3) is 0 Å². The number of nitrogens with zero attached hydrogens (tertiary/aromatic N) is 2. The van der Waals surface area contributed by atoms with E-state index in [-0.39, 0.29) is 16.9 Å². The van der Waals surface area contributed by atoms with E-state index in [2.05, 4.69) is 72.2 Å². The maximum absolute atomic E-state index is 11.8. The van der Waals surface area contributed by atoms with Crippen molar-refractivity contribution in [2.24, 2.45) is 0 Å². The molecule has 0 aliphatic carbocycles. The fourth-order valence-electron chi connectivity index (χ4n) is 5.76. The number of rotatable bonds is 2. The topological polar surface area (TPSA) is 26.7 Å². The lowest BCUT2D eigenvalue weighted by Crippen LogP contribution is -2.80. The molecule has 2 aromatic rings. The summed E-state index contributed by atoms with van der Waals surface area (Å²) >= 11 is 0. The van der Waals surface area contributed by atoms with Crippen LogP contribution in [0.1, 0.15) is 22.3 Å². The van der Waals surface area contributed by atoms with Crippen molar-refractivity contribution in [3.63, 3.8) is 0 Å². The standard InChI is InChI=1S/C22H26N2O/c1-16-5-3-7-18(9-16)21-11-23-13-22(20(21)25,14-24(12-21)15-23)19-8-4-6-17(2)10-19/h3-10,20,25H,11-15H2,1-2H3. The monoisotopic (exact) mass is 334 g/mol. The zero-order chi connectivity index (χ0) is 17.2. The van der Waals surface area contributed by atoms with Crippen LogP contribution in [0, 0.1) is 13.8 Å². The highest BCUT2D eigenvalue weighted by atomic mass is 16.3. The Kier molecular flexibility index (Phi) is 3.22. The van der Waals surface area contributed by atoms with E-state index in [4.69, 9.17) is 0 Å². The lowest BCUT2D eigenvalue weighted by molar-refractivity contribution is -0.175. The van der Waals surface area contributed by atoms with Crippen LogP contribution in [0.3, 0.4) is 0 Å². The molecule has 130 valence electrons. The number of hydrogen-bond donors (Lipinski definition) is 1. The van der Waals surface area contributed by atoms with Gasteiger partial charge in [0.15, 0.2) is 0 Å². The molecular weight excluding hydrogens is 308 g/mol. The van der Waals surface area contributed by atoms with Crippen molar-refractivity contribution in [3.8, 4) is 0 Å². The fraction of sp³-hybridized carbons (Fsp3) is 0.455. The van der Waals surface area contributed by atoms with E-state index in [0.29, 0.717) is 0 Å². The molecule has 2 aromatic carbocycles. The van der Waals surface area contributed by atoms with E-state index in [9.17, 15) is 5.11 Å². The minimum Gasteiger partial charge on any atom is -0.391 e. The largest absolute Gasteiger partial charge is 0.391 e. The van der Waals surface area contributed by atoms with Gasteiger partial charge in [0.2, 0.25) is 0 Å². The van der Waals surface area contributed by atoms with Crippen LogP contribution in [0.15, 0.2) is 48.5 Å². The lowest BCUT2D eigenvalue weighted by atomic mass is 9.55. The number of aryl methyl sites for hydroxylation is 2. The van der Waals surface area contributed by atoms with Gasteiger partial charge in [-0.2, -0.15) is 0 Å². The number of aliphatic hydroxyl groups is 1. The van der Waals surface area contributed by atoms with E-state index in [1.165, 1.54) is 22.3 Å². The van der Waals surface area contributed by atoms with Gasteiger partial charge in [-0.15, -0.1) is 0 Å². The summed E-state index contributed by atoms with van der Waals surface area (Å²) in [7, 11) is 0. The van der Waals surface area contributed by atoms with Gasteiger partial charge in [-0.05, 0) is 25.0 Å². The van der Waals surface area contributed by atoms with Gasteiger partial charge in [-0.25, -0.2) is 0 Å². The predicted octanol–water partition coefficient (Wildman–Crippen LogP) is 2.44. The first-order valence-corrected chi connectivity index (χ1v) is 9.29. The van der Waals surface area contributed by atoms with E-state index < -0.39 is 0 Å². The predicted molar refractivity (Wildman–Crippen MR) is 99.7 cm³/mol. The van der Waals surface area contributed by atoms with Crippen LogP contribution in [0.5, 0.6) is 0 Å². The average molecular weight is 334 g/mol. The Morgan fingerprint density at radius 1 is 0.800 bits per heavy atom. The molecule has 1 N–H and O–H groups in total. The summed E-state index contributed by atoms with van der Waals surface area (Å²) in [5.41, 5.74) is 4.76. The molecule has 0 atom stereocenters. The molecule has 6 rings (SSSR count). The maximum atomic E-state index is 11.8. The highest BCUT2D eigenvalue weighted by Crippen LogP contribution is 2.51. The average Bonchev–Trinajstić information content (AvgIpc) is 2.59. The quantitative estimate of drug-likeness (QED) is 0.914. The van der Waals surface area contributed by atoms with Crippen LogP contribution >= 0.6 is 0 Å². The molecular formula is C22H26N2O. The van der Waals surface area contributed by atoms with Crippen LogP contribution in [0.2, 0.25) is 0 Å². The molecule has 25 heavy (non-hydrogen) atoms. The molecule has 3 heteroatoms. The summed E-state index contributed by atoms with van der Waals surface area (Å²) in [6, 6.07) is 17.6. The molecule has 0 unspecified atom stereocenters. The van der Waals surface area contributed by atoms with Gasteiger partial charge in [-0.1, -0.05) is 59.7 Å². The lowest BCUT2D eigenvalue weighted by Gasteiger charge is -2.67. The van der Waals surface area contributed by atoms with Crippen molar-refractivity contribution in [1.29, 1.82) is 0 Å². The minimum absolute atomic E-state index is 0.190. The Balaban J connectivity index is 1.68. The summed E-state index contributed by atoms with van der Waals surface area (Å²) < 4.78 is 0. The highest BCUT2D eigenvalue weighted by Gasteiger charge is 2.64. The van der Waals surface area contributed by atoms with E-state index >= 15 is 0 Å². The van der Waals surface area contributed by atoms with Gasteiger partial charge in [0, 0.05) is 37.0 Å². The van der Waals surface area contributed by atoms with Crippen molar-refractivity contribution < 1.29 is 5.11 Å². The second-order valence-corrected chi connectivity index (χ2v) is 8.57. The zero-order valence-electron chi connectivity index (χ0n) is 15.1. The third-order valence-corrected chi connectivity index (χ3v) is 6.66. The zero-order valence-corrected chi connectivity index (χ0v) is 15.1. The van der Waals surface area contributed by atoms with Gasteiger partial charge in [0.05, 0.1) is 12.8 Å². The normalized spacial score (nSPS) is 38.9. The van der Waals surface area contributed by atoms with Crippen LogP contribution in [-0.2, 0) is 10.8 Å². The molecule has 0 aromatic heterocycles. The molecule has 0 amide bonds. The molecule has 4 saturated heterocycles. The third kappa shape index (κ3) is 2.10. The third-order valence-electron chi connectivity index (χ3n) is 6.66. The van der Waals surface area contributed by atoms with Crippen LogP contribution in [-0.4, -0.2) is 53.9 Å². The molecule has 4 fully saturated rings. The summed E-state index contributed by atoms with van der Waals surface area (Å²) in [6.45, 7) is 9.17. The Morgan fingerprint density at radius 2 is 1.24 bits per heavy atom. The number of benzene rings is 2. The Morgan fingerprint density at radius 3 is 1.64 bits per heavy atom. The first-order chi connectivity index (χ1) is 12.0. The van der Waals surface area contributed by atoms with Gasteiger partial charge in [-0.3, -0.25) is 9.80 Å². The van der Waals surface area contributed by atoms with Crippen molar-refractivity contribution in [1.82, 2.24) is 9.80 Å². The molecule has 4 bridgehead atoms. The SMILES string of the molecule is Cc1cccc(C23CN4CN(C2)CC(c2cccc(C)c2)(C4)C3O)c1. The van der Waals surface area contributed by atoms with Crippen LogP contribution in [0.25, 0.3) is 0 Å². The summed E-state index contributed by atoms with van der Waals surface area (Å²) in [4.78, 5) is 5.09. The molecule has 0 spiro atoms. The van der Waals surface area contributed by atoms with E-state index in [1.807, 2.05) is 0 Å². The smallest absolute Gasteiger partial charge is 0.0782 e. The van der Waals surface area contributed by atoms with E-state index in [0.717, 1.165) is 32.8 Å². The maximum Gasteiger partial charge on any atom is 0.0782 e. The highest BCUT2D eigenvalue weighted by molar-refractivity contribution is 5.43. The van der Waals surface area contributed by atoms with E-state index in [1.54, 1.807) is 0 Å². The molecule has 3 nitrogen and oxygen atoms in total. The summed E-state index contributed by atoms with van der Waals surface area (Å²) in [5.74, 6) is 0. The number of piperidine rings is 2. The number of aliphatic hydroxyl groups excluding tert-OH is 1. The molecule has 0 radical (unpaired) electrons. The summed E-state index contributed by atoms with van der Waals surface area (Å²) in [5, 5.41) is 11.8. The summed E-state index contributed by atoms with van der Waals surface area (Å²) in [6.07, 6.45) is -0.351. The Bertz CT molecular complexity index is 751. The first kappa shape index (κ1) is 15.6. The fourth-order valence-corrected chi connectivity index (χ4v) is 5.76. The molecule has 4 aliphatic rings. The van der Waals surface area contributed by atoms with Crippen LogP contribution < -0.4 is 0 Å². The van der Waals surface area contributed by atoms with Crippen molar-refractivity contribution in [2.75, 3.05) is 32.8 Å². The van der Waals surface area contributed by atoms with Crippen molar-refractivity contribution in [3.05, 3.63) is 70.8 Å². The molecule has 4 aliphatic heterocycles. The second-order valence-electron chi connectivity index (χ2n) is 8.57. The second kappa shape index (κ2) is 5.16. The number of hydrogen-bond acceptors (Lipinski definition) is 3. The van der Waals surface area contributed by atoms with Gasteiger partial charge >= 0.3 is 0 Å². The minimum atomic E-state index is -0.351. The van der Waals surface area contributed by atoms with Crippen molar-refractivity contribution in [2.45, 2.75) is 30.8 Å². The van der Waals surface area contributed by atoms with Gasteiger partial charge < -0.3 is 5.11 Å². The van der Waals surface area contributed by atoms with Gasteiger partial charge in [0.1, 0.15) is 0 Å². The molecule has 0 saturated carbocycles.